The SMILES string of the molecule is CCc1ccccc1NC(=S)N(Cc1ccc(Br)cc1)Cc1ccc(C(=O)[O-])cc1. The van der Waals surface area contributed by atoms with Crippen LogP contribution in [0, 0.1) is 0 Å². The summed E-state index contributed by atoms with van der Waals surface area (Å²) in [5.41, 5.74) is 4.44. The van der Waals surface area contributed by atoms with Crippen molar-refractivity contribution in [2.24, 2.45) is 0 Å². The van der Waals surface area contributed by atoms with Crippen molar-refractivity contribution in [1.82, 2.24) is 4.90 Å². The fraction of sp³-hybridized carbons (Fsp3) is 0.167. The standard InChI is InChI=1S/C24H23BrN2O2S/c1-2-19-5-3-4-6-22(19)26-24(30)27(16-18-9-13-21(25)14-10-18)15-17-7-11-20(12-8-17)23(28)29/h3-14H,2,15-16H2,1H3,(H,26,30)(H,28,29)/p-1. The van der Waals surface area contributed by atoms with Gasteiger partial charge in [-0.25, -0.2) is 0 Å². The summed E-state index contributed by atoms with van der Waals surface area (Å²) in [5.74, 6) is -1.18. The van der Waals surface area contributed by atoms with E-state index in [9.17, 15) is 9.90 Å². The first-order chi connectivity index (χ1) is 14.5. The largest absolute Gasteiger partial charge is 0.545 e. The van der Waals surface area contributed by atoms with Crippen LogP contribution in [-0.4, -0.2) is 16.0 Å². The fourth-order valence-corrected chi connectivity index (χ4v) is 3.62. The predicted octanol–water partition coefficient (Wildman–Crippen LogP) is 4.77. The minimum Gasteiger partial charge on any atom is -0.545 e. The maximum atomic E-state index is 11.0. The number of para-hydroxylation sites is 1. The molecule has 0 fully saturated rings. The molecule has 6 heteroatoms. The molecule has 0 unspecified atom stereocenters. The molecular formula is C24H22BrN2O2S-. The summed E-state index contributed by atoms with van der Waals surface area (Å²) < 4.78 is 1.02. The highest BCUT2D eigenvalue weighted by Gasteiger charge is 2.13. The number of nitrogens with one attached hydrogen (secondary N) is 1. The van der Waals surface area contributed by atoms with E-state index in [2.05, 4.69) is 51.3 Å². The predicted molar refractivity (Wildman–Crippen MR) is 126 cm³/mol. The van der Waals surface area contributed by atoms with E-state index in [1.54, 1.807) is 24.3 Å². The zero-order valence-electron chi connectivity index (χ0n) is 16.6. The van der Waals surface area contributed by atoms with E-state index in [-0.39, 0.29) is 5.56 Å². The van der Waals surface area contributed by atoms with Crippen LogP contribution in [0.3, 0.4) is 0 Å². The Morgan fingerprint density at radius 3 is 2.10 bits per heavy atom. The molecule has 0 aliphatic heterocycles. The van der Waals surface area contributed by atoms with Gasteiger partial charge in [-0.3, -0.25) is 0 Å². The lowest BCUT2D eigenvalue weighted by Gasteiger charge is -2.27. The lowest BCUT2D eigenvalue weighted by molar-refractivity contribution is -0.255. The highest BCUT2D eigenvalue weighted by molar-refractivity contribution is 9.10. The number of aryl methyl sites for hydroxylation is 1. The molecule has 30 heavy (non-hydrogen) atoms. The molecule has 3 aromatic rings. The number of nitrogens with zero attached hydrogens (tertiary/aromatic N) is 1. The smallest absolute Gasteiger partial charge is 0.174 e. The molecule has 3 aromatic carbocycles. The van der Waals surface area contributed by atoms with Crippen molar-refractivity contribution in [1.29, 1.82) is 0 Å². The van der Waals surface area contributed by atoms with Gasteiger partial charge in [-0.15, -0.1) is 0 Å². The molecule has 4 nitrogen and oxygen atoms in total. The molecule has 0 aromatic heterocycles. The Morgan fingerprint density at radius 2 is 1.53 bits per heavy atom. The number of thiocarbonyl (C=S) groups is 1. The number of carbonyl (C=O) groups excluding carboxylic acids is 1. The minimum absolute atomic E-state index is 0.163. The van der Waals surface area contributed by atoms with Gasteiger partial charge in [-0.05, 0) is 59.1 Å². The first kappa shape index (κ1) is 22.0. The number of carboxylic acid groups (broad SMARTS) is 1. The molecular weight excluding hydrogens is 460 g/mol. The molecule has 0 amide bonds. The number of carboxylic acids is 1. The third-order valence-corrected chi connectivity index (χ3v) is 5.67. The lowest BCUT2D eigenvalue weighted by atomic mass is 10.1. The van der Waals surface area contributed by atoms with Crippen LogP contribution in [0.15, 0.2) is 77.3 Å². The van der Waals surface area contributed by atoms with Crippen LogP contribution in [-0.2, 0) is 19.5 Å². The summed E-state index contributed by atoms with van der Waals surface area (Å²) in [4.78, 5) is 13.1. The number of anilines is 1. The summed E-state index contributed by atoms with van der Waals surface area (Å²) in [5, 5.41) is 15.0. The van der Waals surface area contributed by atoms with Gasteiger partial charge in [0.2, 0.25) is 0 Å². The molecule has 0 aliphatic carbocycles. The minimum atomic E-state index is -1.18. The van der Waals surface area contributed by atoms with Crippen molar-refractivity contribution in [2.45, 2.75) is 26.4 Å². The second kappa shape index (κ2) is 10.4. The normalized spacial score (nSPS) is 10.5. The van der Waals surface area contributed by atoms with Crippen LogP contribution in [0.1, 0.15) is 34.0 Å². The molecule has 0 spiro atoms. The Balaban J connectivity index is 1.83. The summed E-state index contributed by atoms with van der Waals surface area (Å²) in [6.45, 7) is 3.28. The van der Waals surface area contributed by atoms with E-state index in [1.165, 1.54) is 5.56 Å². The number of carbonyl (C=O) groups is 1. The Kier molecular flexibility index (Phi) is 7.60. The molecule has 154 valence electrons. The third kappa shape index (κ3) is 5.90. The van der Waals surface area contributed by atoms with Crippen LogP contribution in [0.25, 0.3) is 0 Å². The number of hydrogen-bond donors (Lipinski definition) is 1. The van der Waals surface area contributed by atoms with Crippen LogP contribution >= 0.6 is 28.1 Å². The van der Waals surface area contributed by atoms with Crippen molar-refractivity contribution in [3.05, 3.63) is 99.5 Å². The van der Waals surface area contributed by atoms with Gasteiger partial charge in [0, 0.05) is 23.2 Å². The summed E-state index contributed by atoms with van der Waals surface area (Å²) in [7, 11) is 0. The zero-order chi connectivity index (χ0) is 21.5. The second-order valence-electron chi connectivity index (χ2n) is 6.91. The molecule has 1 N–H and O–H groups in total. The molecule has 3 rings (SSSR count). The van der Waals surface area contributed by atoms with E-state index in [1.807, 2.05) is 30.3 Å². The third-order valence-electron chi connectivity index (χ3n) is 4.78. The van der Waals surface area contributed by atoms with E-state index in [0.29, 0.717) is 18.2 Å². The van der Waals surface area contributed by atoms with E-state index in [0.717, 1.165) is 27.7 Å². The highest BCUT2D eigenvalue weighted by atomic mass is 79.9. The summed E-state index contributed by atoms with van der Waals surface area (Å²) >= 11 is 9.23. The average Bonchev–Trinajstić information content (AvgIpc) is 2.75. The van der Waals surface area contributed by atoms with Crippen molar-refractivity contribution >= 4 is 44.9 Å². The number of aromatic carboxylic acids is 1. The Labute approximate surface area is 190 Å². The van der Waals surface area contributed by atoms with Gasteiger partial charge in [-0.2, -0.15) is 0 Å². The monoisotopic (exact) mass is 481 g/mol. The van der Waals surface area contributed by atoms with Gasteiger partial charge in [0.05, 0.1) is 5.97 Å². The van der Waals surface area contributed by atoms with E-state index in [4.69, 9.17) is 12.2 Å². The first-order valence-electron chi connectivity index (χ1n) is 9.65. The Hall–Kier alpha value is -2.70. The summed E-state index contributed by atoms with van der Waals surface area (Å²) in [6.07, 6.45) is 0.906. The van der Waals surface area contributed by atoms with Gasteiger partial charge in [-0.1, -0.05) is 77.5 Å². The summed E-state index contributed by atoms with van der Waals surface area (Å²) in [6, 6.07) is 22.9. The quantitative estimate of drug-likeness (QED) is 0.492. The van der Waals surface area contributed by atoms with E-state index >= 15 is 0 Å². The molecule has 0 saturated heterocycles. The lowest BCUT2D eigenvalue weighted by Crippen LogP contribution is -2.34. The molecule has 0 bridgehead atoms. The number of hydrogen-bond acceptors (Lipinski definition) is 3. The topological polar surface area (TPSA) is 55.4 Å². The molecule has 0 atom stereocenters. The van der Waals surface area contributed by atoms with Crippen LogP contribution in [0.2, 0.25) is 0 Å². The van der Waals surface area contributed by atoms with Gasteiger partial charge < -0.3 is 20.1 Å². The maximum absolute atomic E-state index is 11.0. The highest BCUT2D eigenvalue weighted by Crippen LogP contribution is 2.19. The van der Waals surface area contributed by atoms with Crippen molar-refractivity contribution in [3.8, 4) is 0 Å². The number of rotatable bonds is 7. The molecule has 0 saturated carbocycles. The Morgan fingerprint density at radius 1 is 0.967 bits per heavy atom. The number of benzene rings is 3. The molecule has 0 heterocycles. The Bertz CT molecular complexity index is 1020. The average molecular weight is 482 g/mol. The van der Waals surface area contributed by atoms with Crippen molar-refractivity contribution in [2.75, 3.05) is 5.32 Å². The number of halogens is 1. The van der Waals surface area contributed by atoms with Crippen LogP contribution in [0.4, 0.5) is 5.69 Å². The van der Waals surface area contributed by atoms with Crippen molar-refractivity contribution in [3.63, 3.8) is 0 Å². The molecule has 0 aliphatic rings. The first-order valence-corrected chi connectivity index (χ1v) is 10.8. The van der Waals surface area contributed by atoms with Gasteiger partial charge >= 0.3 is 0 Å². The van der Waals surface area contributed by atoms with Crippen LogP contribution < -0.4 is 10.4 Å². The zero-order valence-corrected chi connectivity index (χ0v) is 19.0. The maximum Gasteiger partial charge on any atom is 0.174 e. The van der Waals surface area contributed by atoms with E-state index < -0.39 is 5.97 Å². The van der Waals surface area contributed by atoms with Crippen LogP contribution in [0.5, 0.6) is 0 Å². The molecule has 0 radical (unpaired) electrons. The van der Waals surface area contributed by atoms with Gasteiger partial charge in [0.1, 0.15) is 0 Å². The van der Waals surface area contributed by atoms with Crippen molar-refractivity contribution < 1.29 is 9.90 Å². The fourth-order valence-electron chi connectivity index (χ4n) is 3.12. The van der Waals surface area contributed by atoms with Gasteiger partial charge in [0.25, 0.3) is 0 Å². The van der Waals surface area contributed by atoms with Gasteiger partial charge in [0.15, 0.2) is 5.11 Å². The second-order valence-corrected chi connectivity index (χ2v) is 8.21.